The van der Waals surface area contributed by atoms with Gasteiger partial charge in [-0.25, -0.2) is 8.42 Å². The summed E-state index contributed by atoms with van der Waals surface area (Å²) in [5.74, 6) is 0.781. The summed E-state index contributed by atoms with van der Waals surface area (Å²) in [4.78, 5) is 0. The average Bonchev–Trinajstić information content (AvgIpc) is 2.25. The molecule has 1 aliphatic rings. The number of hydrogen-bond donors (Lipinski definition) is 2. The molecule has 1 saturated heterocycles. The third kappa shape index (κ3) is 3.71. The van der Waals surface area contributed by atoms with Crippen LogP contribution in [0, 0.1) is 0 Å². The molecule has 17 heavy (non-hydrogen) atoms. The van der Waals surface area contributed by atoms with Crippen LogP contribution in [0.5, 0.6) is 5.75 Å². The number of phenols is 1. The van der Waals surface area contributed by atoms with Gasteiger partial charge in [-0.3, -0.25) is 0 Å². The quantitative estimate of drug-likeness (QED) is 0.847. The second-order valence-corrected chi connectivity index (χ2v) is 6.73. The molecule has 2 N–H and O–H groups in total. The normalized spacial score (nSPS) is 23.4. The number of aromatic hydroxyl groups is 1. The van der Waals surface area contributed by atoms with Crippen molar-refractivity contribution in [2.75, 3.05) is 11.5 Å². The topological polar surface area (TPSA) is 66.4 Å². The molecule has 1 atom stereocenters. The molecule has 1 heterocycles. The Hall–Kier alpha value is -1.07. The Morgan fingerprint density at radius 2 is 2.24 bits per heavy atom. The molecule has 0 spiro atoms. The minimum atomic E-state index is -2.86. The molecule has 0 radical (unpaired) electrons. The van der Waals surface area contributed by atoms with Crippen LogP contribution < -0.4 is 5.32 Å². The van der Waals surface area contributed by atoms with Gasteiger partial charge in [0, 0.05) is 12.6 Å². The number of nitrogens with one attached hydrogen (secondary N) is 1. The first-order valence-corrected chi connectivity index (χ1v) is 7.59. The van der Waals surface area contributed by atoms with Crippen LogP contribution in [0.1, 0.15) is 18.4 Å². The van der Waals surface area contributed by atoms with Crippen molar-refractivity contribution in [3.63, 3.8) is 0 Å². The van der Waals surface area contributed by atoms with E-state index in [0.29, 0.717) is 12.3 Å². The van der Waals surface area contributed by atoms with Crippen LogP contribution in [-0.4, -0.2) is 31.1 Å². The van der Waals surface area contributed by atoms with Crippen molar-refractivity contribution in [3.05, 3.63) is 29.8 Å². The molecule has 4 nitrogen and oxygen atoms in total. The molecule has 5 heteroatoms. The Labute approximate surface area is 102 Å². The van der Waals surface area contributed by atoms with E-state index in [-0.39, 0.29) is 17.5 Å². The minimum Gasteiger partial charge on any atom is -0.508 e. The molecule has 2 rings (SSSR count). The lowest BCUT2D eigenvalue weighted by Crippen LogP contribution is -2.39. The lowest BCUT2D eigenvalue weighted by Gasteiger charge is -2.23. The van der Waals surface area contributed by atoms with Crippen LogP contribution in [0.25, 0.3) is 0 Å². The van der Waals surface area contributed by atoms with Gasteiger partial charge < -0.3 is 10.4 Å². The maximum atomic E-state index is 11.4. The molecule has 0 aliphatic carbocycles. The Bertz CT molecular complexity index is 484. The summed E-state index contributed by atoms with van der Waals surface area (Å²) in [6.07, 6.45) is 1.64. The first-order valence-electron chi connectivity index (χ1n) is 5.77. The molecule has 0 bridgehead atoms. The summed E-state index contributed by atoms with van der Waals surface area (Å²) in [5.41, 5.74) is 0.966. The lowest BCUT2D eigenvalue weighted by atomic mass is 10.1. The maximum Gasteiger partial charge on any atom is 0.151 e. The average molecular weight is 255 g/mol. The molecule has 0 aromatic heterocycles. The van der Waals surface area contributed by atoms with E-state index < -0.39 is 9.84 Å². The van der Waals surface area contributed by atoms with E-state index in [1.165, 1.54) is 0 Å². The van der Waals surface area contributed by atoms with Gasteiger partial charge >= 0.3 is 0 Å². The fraction of sp³-hybridized carbons (Fsp3) is 0.500. The van der Waals surface area contributed by atoms with E-state index >= 15 is 0 Å². The summed E-state index contributed by atoms with van der Waals surface area (Å²) in [6, 6.07) is 7.03. The zero-order chi connectivity index (χ0) is 12.3. The maximum absolute atomic E-state index is 11.4. The highest BCUT2D eigenvalue weighted by atomic mass is 32.2. The van der Waals surface area contributed by atoms with Crippen LogP contribution in [0.15, 0.2) is 24.3 Å². The number of phenolic OH excluding ortho intramolecular Hbond substituents is 1. The van der Waals surface area contributed by atoms with E-state index in [0.717, 1.165) is 18.4 Å². The highest BCUT2D eigenvalue weighted by Crippen LogP contribution is 2.14. The first kappa shape index (κ1) is 12.4. The van der Waals surface area contributed by atoms with Crippen LogP contribution in [0.2, 0.25) is 0 Å². The monoisotopic (exact) mass is 255 g/mol. The fourth-order valence-electron chi connectivity index (χ4n) is 2.11. The van der Waals surface area contributed by atoms with Crippen molar-refractivity contribution in [1.82, 2.24) is 5.32 Å². The van der Waals surface area contributed by atoms with E-state index in [1.54, 1.807) is 18.2 Å². The van der Waals surface area contributed by atoms with Crippen LogP contribution in [0.3, 0.4) is 0 Å². The van der Waals surface area contributed by atoms with Crippen molar-refractivity contribution in [1.29, 1.82) is 0 Å². The van der Waals surface area contributed by atoms with E-state index in [9.17, 15) is 13.5 Å². The third-order valence-corrected chi connectivity index (χ3v) is 4.79. The number of sulfone groups is 1. The van der Waals surface area contributed by atoms with E-state index in [2.05, 4.69) is 5.32 Å². The van der Waals surface area contributed by atoms with Gasteiger partial charge in [0.1, 0.15) is 5.75 Å². The summed E-state index contributed by atoms with van der Waals surface area (Å²) in [6.45, 7) is 0.592. The lowest BCUT2D eigenvalue weighted by molar-refractivity contribution is 0.467. The van der Waals surface area contributed by atoms with Crippen molar-refractivity contribution in [2.45, 2.75) is 25.4 Å². The van der Waals surface area contributed by atoms with Crippen molar-refractivity contribution in [3.8, 4) is 5.75 Å². The largest absolute Gasteiger partial charge is 0.508 e. The van der Waals surface area contributed by atoms with Crippen molar-refractivity contribution >= 4 is 9.84 Å². The van der Waals surface area contributed by atoms with Gasteiger partial charge in [0.25, 0.3) is 0 Å². The second-order valence-electron chi connectivity index (χ2n) is 4.50. The van der Waals surface area contributed by atoms with Gasteiger partial charge in [-0.05, 0) is 30.5 Å². The molecular weight excluding hydrogens is 238 g/mol. The van der Waals surface area contributed by atoms with Crippen LogP contribution in [-0.2, 0) is 16.4 Å². The Morgan fingerprint density at radius 1 is 1.41 bits per heavy atom. The molecular formula is C12H17NO3S. The molecule has 1 fully saturated rings. The highest BCUT2D eigenvalue weighted by molar-refractivity contribution is 7.91. The van der Waals surface area contributed by atoms with Gasteiger partial charge in [-0.1, -0.05) is 12.1 Å². The predicted octanol–water partition coefficient (Wildman–Crippen LogP) is 1.06. The van der Waals surface area contributed by atoms with E-state index in [1.807, 2.05) is 6.07 Å². The summed E-state index contributed by atoms with van der Waals surface area (Å²) in [7, 11) is -2.86. The summed E-state index contributed by atoms with van der Waals surface area (Å²) < 4.78 is 22.9. The Balaban J connectivity index is 1.90. The number of hydrogen-bond acceptors (Lipinski definition) is 4. The fourth-order valence-corrected chi connectivity index (χ4v) is 3.78. The predicted molar refractivity (Wildman–Crippen MR) is 66.6 cm³/mol. The summed E-state index contributed by atoms with van der Waals surface area (Å²) >= 11 is 0. The minimum absolute atomic E-state index is 0.0381. The molecule has 1 aromatic rings. The molecule has 1 aromatic carbocycles. The molecule has 0 amide bonds. The zero-order valence-electron chi connectivity index (χ0n) is 9.59. The van der Waals surface area contributed by atoms with Crippen LogP contribution >= 0.6 is 0 Å². The SMILES string of the molecule is O=S1(=O)CCCC(NCc2cccc(O)c2)C1. The molecule has 1 aliphatic heterocycles. The van der Waals surface area contributed by atoms with Gasteiger partial charge in [0.2, 0.25) is 0 Å². The first-order chi connectivity index (χ1) is 8.05. The van der Waals surface area contributed by atoms with Gasteiger partial charge in [-0.15, -0.1) is 0 Å². The van der Waals surface area contributed by atoms with E-state index in [4.69, 9.17) is 0 Å². The zero-order valence-corrected chi connectivity index (χ0v) is 10.4. The van der Waals surface area contributed by atoms with Crippen LogP contribution in [0.4, 0.5) is 0 Å². The second kappa shape index (κ2) is 5.06. The smallest absolute Gasteiger partial charge is 0.151 e. The molecule has 1 unspecified atom stereocenters. The van der Waals surface area contributed by atoms with Gasteiger partial charge in [0.05, 0.1) is 11.5 Å². The van der Waals surface area contributed by atoms with Crippen molar-refractivity contribution < 1.29 is 13.5 Å². The van der Waals surface area contributed by atoms with Crippen molar-refractivity contribution in [2.24, 2.45) is 0 Å². The number of benzene rings is 1. The standard InChI is InChI=1S/C12H17NO3S/c14-12-5-1-3-10(7-12)8-13-11-4-2-6-17(15,16)9-11/h1,3,5,7,11,13-14H,2,4,6,8-9H2. The van der Waals surface area contributed by atoms with Gasteiger partial charge in [-0.2, -0.15) is 0 Å². The summed E-state index contributed by atoms with van der Waals surface area (Å²) in [5, 5.41) is 12.5. The molecule has 94 valence electrons. The van der Waals surface area contributed by atoms with Gasteiger partial charge in [0.15, 0.2) is 9.84 Å². The number of rotatable bonds is 3. The third-order valence-electron chi connectivity index (χ3n) is 2.97. The Kier molecular flexibility index (Phi) is 3.69. The Morgan fingerprint density at radius 3 is 2.94 bits per heavy atom. The highest BCUT2D eigenvalue weighted by Gasteiger charge is 2.23. The molecule has 0 saturated carbocycles.